The lowest BCUT2D eigenvalue weighted by molar-refractivity contribution is 0.377. The summed E-state index contributed by atoms with van der Waals surface area (Å²) in [6.45, 7) is 4.50. The minimum Gasteiger partial charge on any atom is -0.311 e. The first-order valence-electron chi connectivity index (χ1n) is 5.37. The van der Waals surface area contributed by atoms with Crippen LogP contribution in [0.2, 0.25) is 0 Å². The van der Waals surface area contributed by atoms with Gasteiger partial charge in [0.25, 0.3) is 0 Å². The van der Waals surface area contributed by atoms with E-state index >= 15 is 0 Å². The van der Waals surface area contributed by atoms with Crippen LogP contribution in [0.3, 0.4) is 0 Å². The summed E-state index contributed by atoms with van der Waals surface area (Å²) < 4.78 is 0. The number of rotatable bonds is 5. The first-order valence-corrected chi connectivity index (χ1v) is 5.37. The Labute approximate surface area is 86.8 Å². The Hall–Kier alpha value is -0.890. The van der Waals surface area contributed by atoms with E-state index in [1.54, 1.807) is 0 Å². The van der Waals surface area contributed by atoms with Gasteiger partial charge in [-0.15, -0.1) is 0 Å². The third-order valence-corrected chi connectivity index (χ3v) is 2.63. The van der Waals surface area contributed by atoms with Gasteiger partial charge in [-0.25, -0.2) is 0 Å². The Kier molecular flexibility index (Phi) is 4.60. The van der Waals surface area contributed by atoms with Crippen molar-refractivity contribution in [3.05, 3.63) is 30.1 Å². The highest BCUT2D eigenvalue weighted by atomic mass is 14.9. The van der Waals surface area contributed by atoms with Gasteiger partial charge in [-0.1, -0.05) is 26.3 Å². The molecule has 0 radical (unpaired) electrons. The first kappa shape index (κ1) is 11.2. The molecule has 14 heavy (non-hydrogen) atoms. The molecule has 1 rings (SSSR count). The summed E-state index contributed by atoms with van der Waals surface area (Å²) in [7, 11) is 2.01. The topological polar surface area (TPSA) is 24.9 Å². The molecule has 0 aliphatic carbocycles. The maximum absolute atomic E-state index is 4.39. The van der Waals surface area contributed by atoms with Crippen LogP contribution in [0.4, 0.5) is 0 Å². The molecule has 1 aromatic heterocycles. The van der Waals surface area contributed by atoms with Crippen molar-refractivity contribution in [1.82, 2.24) is 10.3 Å². The van der Waals surface area contributed by atoms with Crippen LogP contribution in [-0.2, 0) is 0 Å². The molecule has 1 N–H and O–H groups in total. The molecule has 2 heteroatoms. The largest absolute Gasteiger partial charge is 0.311 e. The second-order valence-corrected chi connectivity index (χ2v) is 3.79. The molecule has 0 amide bonds. The van der Waals surface area contributed by atoms with E-state index in [2.05, 4.69) is 30.2 Å². The maximum atomic E-state index is 4.39. The van der Waals surface area contributed by atoms with Crippen molar-refractivity contribution in [3.8, 4) is 0 Å². The summed E-state index contributed by atoms with van der Waals surface area (Å²) in [5.74, 6) is 0.639. The van der Waals surface area contributed by atoms with Gasteiger partial charge in [0.1, 0.15) is 0 Å². The Balaban J connectivity index is 2.71. The highest BCUT2D eigenvalue weighted by molar-refractivity contribution is 5.09. The highest BCUT2D eigenvalue weighted by Gasteiger charge is 2.17. The van der Waals surface area contributed by atoms with Gasteiger partial charge in [-0.05, 0) is 31.5 Å². The number of nitrogens with zero attached hydrogens (tertiary/aromatic N) is 1. The Morgan fingerprint density at radius 2 is 2.21 bits per heavy atom. The van der Waals surface area contributed by atoms with Crippen molar-refractivity contribution in [2.75, 3.05) is 7.05 Å². The van der Waals surface area contributed by atoms with Crippen LogP contribution in [0.5, 0.6) is 0 Å². The molecule has 0 aromatic carbocycles. The summed E-state index contributed by atoms with van der Waals surface area (Å²) in [5.41, 5.74) is 1.15. The average molecular weight is 192 g/mol. The van der Waals surface area contributed by atoms with Crippen LogP contribution in [-0.4, -0.2) is 12.0 Å². The van der Waals surface area contributed by atoms with Gasteiger partial charge in [-0.3, -0.25) is 4.98 Å². The van der Waals surface area contributed by atoms with E-state index in [0.717, 1.165) is 5.69 Å². The zero-order valence-electron chi connectivity index (χ0n) is 9.33. The van der Waals surface area contributed by atoms with E-state index in [4.69, 9.17) is 0 Å². The van der Waals surface area contributed by atoms with E-state index in [9.17, 15) is 0 Å². The highest BCUT2D eigenvalue weighted by Crippen LogP contribution is 2.23. The predicted molar refractivity (Wildman–Crippen MR) is 60.1 cm³/mol. The van der Waals surface area contributed by atoms with Crippen LogP contribution >= 0.6 is 0 Å². The van der Waals surface area contributed by atoms with Gasteiger partial charge < -0.3 is 5.32 Å². The van der Waals surface area contributed by atoms with Gasteiger partial charge >= 0.3 is 0 Å². The van der Waals surface area contributed by atoms with Crippen molar-refractivity contribution < 1.29 is 0 Å². The maximum Gasteiger partial charge on any atom is 0.0575 e. The minimum atomic E-state index is 0.385. The van der Waals surface area contributed by atoms with Crippen LogP contribution in [0.25, 0.3) is 0 Å². The van der Waals surface area contributed by atoms with Crippen molar-refractivity contribution in [2.45, 2.75) is 32.7 Å². The smallest absolute Gasteiger partial charge is 0.0575 e. The molecule has 78 valence electrons. The molecule has 1 aromatic rings. The fraction of sp³-hybridized carbons (Fsp3) is 0.583. The Bertz CT molecular complexity index is 246. The standard InChI is InChI=1S/C12H20N2/c1-4-7-10(2)12(13-3)11-8-5-6-9-14-11/h5-6,8-10,12-13H,4,7H2,1-3H3. The minimum absolute atomic E-state index is 0.385. The normalized spacial score (nSPS) is 15.1. The number of hydrogen-bond acceptors (Lipinski definition) is 2. The number of aromatic nitrogens is 1. The summed E-state index contributed by atoms with van der Waals surface area (Å²) in [5, 5.41) is 3.34. The average Bonchev–Trinajstić information content (AvgIpc) is 2.21. The predicted octanol–water partition coefficient (Wildman–Crippen LogP) is 2.78. The molecule has 2 nitrogen and oxygen atoms in total. The summed E-state index contributed by atoms with van der Waals surface area (Å²) in [4.78, 5) is 4.39. The lowest BCUT2D eigenvalue weighted by atomic mass is 9.94. The summed E-state index contributed by atoms with van der Waals surface area (Å²) in [6, 6.07) is 6.48. The van der Waals surface area contributed by atoms with Crippen molar-refractivity contribution >= 4 is 0 Å². The second-order valence-electron chi connectivity index (χ2n) is 3.79. The summed E-state index contributed by atoms with van der Waals surface area (Å²) >= 11 is 0. The van der Waals surface area contributed by atoms with Crippen LogP contribution < -0.4 is 5.32 Å². The molecule has 0 saturated carbocycles. The van der Waals surface area contributed by atoms with E-state index < -0.39 is 0 Å². The van der Waals surface area contributed by atoms with Gasteiger partial charge in [0.15, 0.2) is 0 Å². The number of hydrogen-bond donors (Lipinski definition) is 1. The molecule has 0 aliphatic heterocycles. The first-order chi connectivity index (χ1) is 6.79. The molecule has 0 fully saturated rings. The fourth-order valence-electron chi connectivity index (χ4n) is 1.91. The van der Waals surface area contributed by atoms with Gasteiger partial charge in [0.2, 0.25) is 0 Å². The molecular formula is C12H20N2. The molecule has 2 atom stereocenters. The van der Waals surface area contributed by atoms with Crippen LogP contribution in [0.15, 0.2) is 24.4 Å². The van der Waals surface area contributed by atoms with Crippen molar-refractivity contribution in [3.63, 3.8) is 0 Å². The quantitative estimate of drug-likeness (QED) is 0.776. The van der Waals surface area contributed by atoms with E-state index in [-0.39, 0.29) is 0 Å². The third-order valence-electron chi connectivity index (χ3n) is 2.63. The van der Waals surface area contributed by atoms with Crippen LogP contribution in [0.1, 0.15) is 38.4 Å². The monoisotopic (exact) mass is 192 g/mol. The zero-order valence-corrected chi connectivity index (χ0v) is 9.33. The molecule has 2 unspecified atom stereocenters. The molecule has 0 spiro atoms. The van der Waals surface area contributed by atoms with E-state index in [0.29, 0.717) is 12.0 Å². The van der Waals surface area contributed by atoms with E-state index in [1.807, 2.05) is 25.4 Å². The van der Waals surface area contributed by atoms with Gasteiger partial charge in [0.05, 0.1) is 11.7 Å². The summed E-state index contributed by atoms with van der Waals surface area (Å²) in [6.07, 6.45) is 4.33. The molecule has 0 saturated heterocycles. The van der Waals surface area contributed by atoms with Gasteiger partial charge in [-0.2, -0.15) is 0 Å². The van der Waals surface area contributed by atoms with Crippen molar-refractivity contribution in [2.24, 2.45) is 5.92 Å². The Morgan fingerprint density at radius 1 is 1.43 bits per heavy atom. The lowest BCUT2D eigenvalue weighted by Crippen LogP contribution is -2.24. The zero-order chi connectivity index (χ0) is 10.4. The fourth-order valence-corrected chi connectivity index (χ4v) is 1.91. The second kappa shape index (κ2) is 5.76. The molecular weight excluding hydrogens is 172 g/mol. The number of nitrogens with one attached hydrogen (secondary N) is 1. The molecule has 1 heterocycles. The molecule has 0 aliphatic rings. The number of pyridine rings is 1. The Morgan fingerprint density at radius 3 is 2.71 bits per heavy atom. The third kappa shape index (κ3) is 2.81. The van der Waals surface area contributed by atoms with Crippen molar-refractivity contribution in [1.29, 1.82) is 0 Å². The van der Waals surface area contributed by atoms with E-state index in [1.165, 1.54) is 12.8 Å². The van der Waals surface area contributed by atoms with Gasteiger partial charge in [0, 0.05) is 6.20 Å². The molecule has 0 bridgehead atoms. The lowest BCUT2D eigenvalue weighted by Gasteiger charge is -2.22. The SMILES string of the molecule is CCCC(C)C(NC)c1ccccn1. The van der Waals surface area contributed by atoms with Crippen LogP contribution in [0, 0.1) is 5.92 Å².